The van der Waals surface area contributed by atoms with Gasteiger partial charge in [-0.3, -0.25) is 14.5 Å². The summed E-state index contributed by atoms with van der Waals surface area (Å²) >= 11 is 5.96. The van der Waals surface area contributed by atoms with Crippen LogP contribution in [0.5, 0.6) is 0 Å². The number of rotatable bonds is 5. The first-order valence-corrected chi connectivity index (χ1v) is 7.90. The number of carbonyl (C=O) groups excluding carboxylic acids is 2. The highest BCUT2D eigenvalue weighted by Crippen LogP contribution is 2.18. The molecule has 0 saturated carbocycles. The second-order valence-corrected chi connectivity index (χ2v) is 6.26. The summed E-state index contributed by atoms with van der Waals surface area (Å²) in [5, 5.41) is 3.61. The number of nitrogens with zero attached hydrogens (tertiary/aromatic N) is 1. The fourth-order valence-electron chi connectivity index (χ4n) is 2.78. The van der Waals surface area contributed by atoms with Gasteiger partial charge in [-0.25, -0.2) is 0 Å². The number of hydrogen-bond donors (Lipinski definition) is 2. The van der Waals surface area contributed by atoms with Crippen molar-refractivity contribution in [3.8, 4) is 0 Å². The van der Waals surface area contributed by atoms with E-state index in [2.05, 4.69) is 5.32 Å². The average Bonchev–Trinajstić information content (AvgIpc) is 2.47. The van der Waals surface area contributed by atoms with Crippen LogP contribution in [-0.4, -0.2) is 36.3 Å². The van der Waals surface area contributed by atoms with Gasteiger partial charge < -0.3 is 11.1 Å². The van der Waals surface area contributed by atoms with E-state index in [0.717, 1.165) is 24.9 Å². The molecular weight excluding hydrogens is 302 g/mol. The Kier molecular flexibility index (Phi) is 5.80. The number of hydrogen-bond acceptors (Lipinski definition) is 3. The number of piperidine rings is 1. The number of nitrogens with one attached hydrogen (secondary N) is 1. The number of nitrogens with two attached hydrogens (primary N) is 1. The van der Waals surface area contributed by atoms with Crippen LogP contribution in [0.1, 0.15) is 31.4 Å². The largest absolute Gasteiger partial charge is 0.369 e. The number of halogens is 1. The van der Waals surface area contributed by atoms with Crippen LogP contribution in [0.25, 0.3) is 0 Å². The first-order chi connectivity index (χ1) is 10.5. The Morgan fingerprint density at radius 3 is 2.95 bits per heavy atom. The van der Waals surface area contributed by atoms with Crippen molar-refractivity contribution in [3.05, 3.63) is 34.9 Å². The molecule has 0 spiro atoms. The molecule has 1 fully saturated rings. The summed E-state index contributed by atoms with van der Waals surface area (Å²) in [5.74, 6) is -0.484. The molecule has 0 aromatic heterocycles. The van der Waals surface area contributed by atoms with Crippen molar-refractivity contribution in [2.75, 3.05) is 19.6 Å². The molecule has 5 nitrogen and oxygen atoms in total. The summed E-state index contributed by atoms with van der Waals surface area (Å²) in [7, 11) is 0. The van der Waals surface area contributed by atoms with Gasteiger partial charge in [-0.05, 0) is 44.0 Å². The van der Waals surface area contributed by atoms with Crippen molar-refractivity contribution < 1.29 is 9.59 Å². The van der Waals surface area contributed by atoms with E-state index in [1.54, 1.807) is 6.07 Å². The highest BCUT2D eigenvalue weighted by Gasteiger charge is 2.25. The van der Waals surface area contributed by atoms with Crippen molar-refractivity contribution >= 4 is 23.4 Å². The van der Waals surface area contributed by atoms with Gasteiger partial charge in [0.15, 0.2) is 0 Å². The molecule has 0 radical (unpaired) electrons. The Morgan fingerprint density at radius 2 is 2.27 bits per heavy atom. The van der Waals surface area contributed by atoms with Crippen LogP contribution >= 0.6 is 11.6 Å². The van der Waals surface area contributed by atoms with Crippen molar-refractivity contribution in [3.63, 3.8) is 0 Å². The van der Waals surface area contributed by atoms with Crippen LogP contribution < -0.4 is 11.1 Å². The van der Waals surface area contributed by atoms with Gasteiger partial charge in [0, 0.05) is 11.6 Å². The van der Waals surface area contributed by atoms with Crippen molar-refractivity contribution in [2.24, 2.45) is 11.7 Å². The minimum atomic E-state index is -0.280. The minimum Gasteiger partial charge on any atom is -0.369 e. The summed E-state index contributed by atoms with van der Waals surface area (Å²) in [4.78, 5) is 25.4. The van der Waals surface area contributed by atoms with Gasteiger partial charge in [0.25, 0.3) is 0 Å². The highest BCUT2D eigenvalue weighted by molar-refractivity contribution is 6.30. The van der Waals surface area contributed by atoms with Crippen LogP contribution in [0.4, 0.5) is 0 Å². The molecule has 22 heavy (non-hydrogen) atoms. The molecular formula is C16H22ClN3O2. The monoisotopic (exact) mass is 323 g/mol. The lowest BCUT2D eigenvalue weighted by atomic mass is 9.97. The van der Waals surface area contributed by atoms with E-state index < -0.39 is 0 Å². The average molecular weight is 324 g/mol. The van der Waals surface area contributed by atoms with Gasteiger partial charge in [0.2, 0.25) is 11.8 Å². The predicted octanol–water partition coefficient (Wildman–Crippen LogP) is 1.71. The van der Waals surface area contributed by atoms with Crippen molar-refractivity contribution in [2.45, 2.75) is 25.8 Å². The van der Waals surface area contributed by atoms with E-state index in [9.17, 15) is 9.59 Å². The van der Waals surface area contributed by atoms with Gasteiger partial charge in [-0.15, -0.1) is 0 Å². The van der Waals surface area contributed by atoms with E-state index in [1.807, 2.05) is 30.0 Å². The Bertz CT molecular complexity index is 550. The number of carbonyl (C=O) groups is 2. The van der Waals surface area contributed by atoms with Crippen LogP contribution in [0, 0.1) is 5.92 Å². The predicted molar refractivity (Wildman–Crippen MR) is 86.4 cm³/mol. The van der Waals surface area contributed by atoms with Gasteiger partial charge in [0.05, 0.1) is 18.5 Å². The normalized spacial score (nSPS) is 20.4. The third-order valence-corrected chi connectivity index (χ3v) is 4.24. The summed E-state index contributed by atoms with van der Waals surface area (Å²) in [6, 6.07) is 7.33. The lowest BCUT2D eigenvalue weighted by molar-refractivity contribution is -0.127. The van der Waals surface area contributed by atoms with E-state index >= 15 is 0 Å². The highest BCUT2D eigenvalue weighted by atomic mass is 35.5. The van der Waals surface area contributed by atoms with Gasteiger partial charge in [-0.2, -0.15) is 0 Å². The van der Waals surface area contributed by atoms with E-state index in [4.69, 9.17) is 17.3 Å². The molecule has 0 unspecified atom stereocenters. The molecule has 2 amide bonds. The zero-order valence-corrected chi connectivity index (χ0v) is 13.5. The van der Waals surface area contributed by atoms with Gasteiger partial charge in [-0.1, -0.05) is 23.7 Å². The van der Waals surface area contributed by atoms with Crippen LogP contribution in [0.2, 0.25) is 5.02 Å². The van der Waals surface area contributed by atoms with E-state index in [-0.39, 0.29) is 30.3 Å². The number of benzene rings is 1. The molecule has 120 valence electrons. The van der Waals surface area contributed by atoms with Crippen LogP contribution in [-0.2, 0) is 9.59 Å². The fraction of sp³-hybridized carbons (Fsp3) is 0.500. The summed E-state index contributed by atoms with van der Waals surface area (Å²) in [5.41, 5.74) is 6.32. The molecule has 1 heterocycles. The third kappa shape index (κ3) is 4.71. The van der Waals surface area contributed by atoms with Crippen molar-refractivity contribution in [1.29, 1.82) is 0 Å². The molecule has 1 aliphatic heterocycles. The lowest BCUT2D eigenvalue weighted by Gasteiger charge is -2.30. The number of likely N-dealkylation sites (tertiary alicyclic amines) is 1. The van der Waals surface area contributed by atoms with E-state index in [0.29, 0.717) is 11.6 Å². The lowest BCUT2D eigenvalue weighted by Crippen LogP contribution is -2.45. The maximum Gasteiger partial charge on any atom is 0.234 e. The molecule has 0 bridgehead atoms. The first-order valence-electron chi connectivity index (χ1n) is 7.52. The maximum atomic E-state index is 12.2. The van der Waals surface area contributed by atoms with Crippen molar-refractivity contribution in [1.82, 2.24) is 10.2 Å². The fourth-order valence-corrected chi connectivity index (χ4v) is 2.98. The maximum absolute atomic E-state index is 12.2. The topological polar surface area (TPSA) is 75.4 Å². The Labute approximate surface area is 135 Å². The molecule has 2 rings (SSSR count). The second-order valence-electron chi connectivity index (χ2n) is 5.82. The molecule has 1 aromatic rings. The minimum absolute atomic E-state index is 0.0578. The SMILES string of the molecule is C[C@@H](NC(=O)CN1CCC[C@H](C(N)=O)C1)c1cccc(Cl)c1. The smallest absolute Gasteiger partial charge is 0.234 e. The van der Waals surface area contributed by atoms with Crippen LogP contribution in [0.15, 0.2) is 24.3 Å². The van der Waals surface area contributed by atoms with E-state index in [1.165, 1.54) is 0 Å². The molecule has 0 aliphatic carbocycles. The summed E-state index contributed by atoms with van der Waals surface area (Å²) < 4.78 is 0. The Balaban J connectivity index is 1.86. The Morgan fingerprint density at radius 1 is 1.50 bits per heavy atom. The standard InChI is InChI=1S/C16H22ClN3O2/c1-11(12-4-2-6-14(17)8-12)19-15(21)10-20-7-3-5-13(9-20)16(18)22/h2,4,6,8,11,13H,3,5,7,9-10H2,1H3,(H2,18,22)(H,19,21)/t11-,13+/m1/s1. The quantitative estimate of drug-likeness (QED) is 0.866. The number of primary amides is 1. The second kappa shape index (κ2) is 7.61. The Hall–Kier alpha value is -1.59. The summed E-state index contributed by atoms with van der Waals surface area (Å²) in [6.07, 6.45) is 1.71. The molecule has 1 aromatic carbocycles. The molecule has 6 heteroatoms. The van der Waals surface area contributed by atoms with Gasteiger partial charge >= 0.3 is 0 Å². The number of amides is 2. The molecule has 3 N–H and O–H groups in total. The summed E-state index contributed by atoms with van der Waals surface area (Å²) in [6.45, 7) is 3.59. The zero-order chi connectivity index (χ0) is 16.1. The first kappa shape index (κ1) is 16.8. The molecule has 2 atom stereocenters. The molecule has 1 saturated heterocycles. The molecule has 1 aliphatic rings. The third-order valence-electron chi connectivity index (χ3n) is 4.00. The van der Waals surface area contributed by atoms with Crippen LogP contribution in [0.3, 0.4) is 0 Å². The zero-order valence-electron chi connectivity index (χ0n) is 12.7. The van der Waals surface area contributed by atoms with Gasteiger partial charge in [0.1, 0.15) is 0 Å².